The third-order valence-corrected chi connectivity index (χ3v) is 7.27. The average Bonchev–Trinajstić information content (AvgIpc) is 3.26. The van der Waals surface area contributed by atoms with Crippen LogP contribution in [0.15, 0.2) is 52.9 Å². The van der Waals surface area contributed by atoms with Crippen molar-refractivity contribution in [1.29, 1.82) is 0 Å². The fourth-order valence-corrected chi connectivity index (χ4v) is 5.29. The Labute approximate surface area is 192 Å². The van der Waals surface area contributed by atoms with E-state index in [0.717, 1.165) is 16.8 Å². The molecule has 1 saturated heterocycles. The lowest BCUT2D eigenvalue weighted by Gasteiger charge is -2.36. The van der Waals surface area contributed by atoms with Gasteiger partial charge in [0, 0.05) is 37.4 Å². The highest BCUT2D eigenvalue weighted by atomic mass is 32.2. The molecule has 1 amide bonds. The van der Waals surface area contributed by atoms with Crippen LogP contribution < -0.4 is 15.1 Å². The van der Waals surface area contributed by atoms with Crippen molar-refractivity contribution in [2.45, 2.75) is 19.9 Å². The molecular weight excluding hydrogens is 446 g/mol. The van der Waals surface area contributed by atoms with Gasteiger partial charge in [-0.05, 0) is 36.2 Å². The summed E-state index contributed by atoms with van der Waals surface area (Å²) in [6, 6.07) is 14.3. The summed E-state index contributed by atoms with van der Waals surface area (Å²) in [7, 11) is -3.89. The monoisotopic (exact) mass is 473 g/mol. The Morgan fingerprint density at radius 3 is 2.42 bits per heavy atom. The molecule has 0 bridgehead atoms. The van der Waals surface area contributed by atoms with Gasteiger partial charge in [-0.15, -0.1) is 0 Å². The second kappa shape index (κ2) is 9.48. The zero-order chi connectivity index (χ0) is 23.6. The molecule has 33 heavy (non-hydrogen) atoms. The maximum absolute atomic E-state index is 12.8. The molecule has 4 rings (SSSR count). The summed E-state index contributed by atoms with van der Waals surface area (Å²) in [5.74, 6) is -0.567. The predicted molar refractivity (Wildman–Crippen MR) is 124 cm³/mol. The number of oxazole rings is 1. The van der Waals surface area contributed by atoms with Crippen LogP contribution >= 0.6 is 0 Å². The lowest BCUT2D eigenvalue weighted by molar-refractivity contribution is -0.131. The van der Waals surface area contributed by atoms with E-state index in [4.69, 9.17) is 9.62 Å². The summed E-state index contributed by atoms with van der Waals surface area (Å²) < 4.78 is 35.2. The van der Waals surface area contributed by atoms with Gasteiger partial charge in [-0.25, -0.2) is 10.5 Å². The van der Waals surface area contributed by atoms with Crippen LogP contribution in [0.2, 0.25) is 0 Å². The first-order valence-corrected chi connectivity index (χ1v) is 12.1. The Hall–Kier alpha value is -2.99. The normalized spacial score (nSPS) is 16.3. The van der Waals surface area contributed by atoms with Gasteiger partial charge < -0.3 is 9.32 Å². The van der Waals surface area contributed by atoms with Gasteiger partial charge in [-0.2, -0.15) is 17.4 Å². The van der Waals surface area contributed by atoms with E-state index in [1.807, 2.05) is 48.5 Å². The van der Waals surface area contributed by atoms with Crippen LogP contribution in [0.25, 0.3) is 22.6 Å². The van der Waals surface area contributed by atoms with Crippen molar-refractivity contribution >= 4 is 32.9 Å². The molecule has 0 radical (unpaired) electrons. The van der Waals surface area contributed by atoms with Crippen molar-refractivity contribution < 1.29 is 22.8 Å². The lowest BCUT2D eigenvalue weighted by Crippen LogP contribution is -2.57. The smallest absolute Gasteiger partial charge is 0.280 e. The summed E-state index contributed by atoms with van der Waals surface area (Å²) in [5.41, 5.74) is 4.77. The minimum atomic E-state index is -3.89. The summed E-state index contributed by atoms with van der Waals surface area (Å²) in [5, 5.41) is 8.90. The minimum absolute atomic E-state index is 0.257. The van der Waals surface area contributed by atoms with Gasteiger partial charge in [0.25, 0.3) is 16.1 Å². The predicted octanol–water partition coefficient (Wildman–Crippen LogP) is 1.98. The Morgan fingerprint density at radius 1 is 1.09 bits per heavy atom. The number of carbonyl (C=O) groups excluding carboxylic acids is 1. The Balaban J connectivity index is 1.44. The van der Waals surface area contributed by atoms with Crippen molar-refractivity contribution in [3.63, 3.8) is 0 Å². The topological polar surface area (TPSA) is 128 Å². The molecule has 3 N–H and O–H groups in total. The summed E-state index contributed by atoms with van der Waals surface area (Å²) in [6.07, 6.45) is 0. The number of amides is 1. The molecule has 0 saturated carbocycles. The molecule has 10 nitrogen and oxygen atoms in total. The first-order chi connectivity index (χ1) is 15.8. The van der Waals surface area contributed by atoms with Crippen LogP contribution in [-0.2, 0) is 15.0 Å². The first kappa shape index (κ1) is 23.2. The number of aromatic nitrogens is 1. The highest BCUT2D eigenvalue weighted by molar-refractivity contribution is 7.87. The number of fused-ring (bicyclic) bond motifs is 1. The van der Waals surface area contributed by atoms with E-state index in [9.17, 15) is 13.2 Å². The van der Waals surface area contributed by atoms with Gasteiger partial charge in [0.1, 0.15) is 11.6 Å². The Morgan fingerprint density at radius 2 is 1.79 bits per heavy atom. The van der Waals surface area contributed by atoms with E-state index in [-0.39, 0.29) is 19.0 Å². The number of nitrogens with zero attached hydrogens (tertiary/aromatic N) is 3. The van der Waals surface area contributed by atoms with E-state index in [2.05, 4.69) is 14.6 Å². The van der Waals surface area contributed by atoms with Gasteiger partial charge in [-0.1, -0.05) is 32.0 Å². The SMILES string of the molecule is CC(C)[C@@H](NS(=O)(=O)N1CCN(c2ccc3oc(-c4ccccc4)nc3c2)CC1)C(=O)NO. The summed E-state index contributed by atoms with van der Waals surface area (Å²) >= 11 is 0. The number of nitrogens with one attached hydrogen (secondary N) is 2. The van der Waals surface area contributed by atoms with Crippen molar-refractivity contribution in [3.05, 3.63) is 48.5 Å². The molecule has 1 aliphatic heterocycles. The van der Waals surface area contributed by atoms with Crippen molar-refractivity contribution in [2.75, 3.05) is 31.1 Å². The van der Waals surface area contributed by atoms with Crippen molar-refractivity contribution in [2.24, 2.45) is 5.92 Å². The number of hydrogen-bond acceptors (Lipinski definition) is 7. The van der Waals surface area contributed by atoms with Gasteiger partial charge in [0.15, 0.2) is 5.58 Å². The Bertz CT molecular complexity index is 1220. The molecular formula is C22H27N5O5S. The first-order valence-electron chi connectivity index (χ1n) is 10.7. The fourth-order valence-electron chi connectivity index (χ4n) is 3.80. The molecule has 1 atom stereocenters. The number of hydrogen-bond donors (Lipinski definition) is 3. The fraction of sp³-hybridized carbons (Fsp3) is 0.364. The van der Waals surface area contributed by atoms with Gasteiger partial charge >= 0.3 is 0 Å². The van der Waals surface area contributed by atoms with E-state index >= 15 is 0 Å². The number of hydroxylamine groups is 1. The van der Waals surface area contributed by atoms with Crippen LogP contribution in [0, 0.1) is 5.92 Å². The van der Waals surface area contributed by atoms with Crippen molar-refractivity contribution in [3.8, 4) is 11.5 Å². The van der Waals surface area contributed by atoms with E-state index < -0.39 is 22.2 Å². The molecule has 2 heterocycles. The number of rotatable bonds is 7. The highest BCUT2D eigenvalue weighted by Crippen LogP contribution is 2.28. The molecule has 176 valence electrons. The average molecular weight is 474 g/mol. The number of benzene rings is 2. The largest absolute Gasteiger partial charge is 0.436 e. The zero-order valence-corrected chi connectivity index (χ0v) is 19.2. The van der Waals surface area contributed by atoms with Crippen LogP contribution in [-0.4, -0.2) is 61.0 Å². The third kappa shape index (κ3) is 5.01. The van der Waals surface area contributed by atoms with Crippen LogP contribution in [0.4, 0.5) is 5.69 Å². The van der Waals surface area contributed by atoms with E-state index in [1.54, 1.807) is 13.8 Å². The molecule has 0 aliphatic carbocycles. The molecule has 1 fully saturated rings. The second-order valence-electron chi connectivity index (χ2n) is 8.24. The molecule has 0 spiro atoms. The standard InChI is InChI=1S/C22H27N5O5S/c1-15(2)20(21(28)24-29)25-33(30,31)27-12-10-26(11-13-27)17-8-9-19-18(14-17)23-22(32-19)16-6-4-3-5-7-16/h3-9,14-15,20,25,29H,10-13H2,1-2H3,(H,24,28)/t20-/m1/s1. The number of carbonyl (C=O) groups is 1. The molecule has 0 unspecified atom stereocenters. The quantitative estimate of drug-likeness (QED) is 0.354. The number of anilines is 1. The van der Waals surface area contributed by atoms with E-state index in [0.29, 0.717) is 24.6 Å². The van der Waals surface area contributed by atoms with Gasteiger partial charge in [0.05, 0.1) is 0 Å². The molecule has 2 aromatic carbocycles. The van der Waals surface area contributed by atoms with E-state index in [1.165, 1.54) is 9.79 Å². The maximum atomic E-state index is 12.8. The second-order valence-corrected chi connectivity index (χ2v) is 9.95. The minimum Gasteiger partial charge on any atom is -0.436 e. The lowest BCUT2D eigenvalue weighted by atomic mass is 10.1. The summed E-state index contributed by atoms with van der Waals surface area (Å²) in [6.45, 7) is 4.87. The van der Waals surface area contributed by atoms with Gasteiger partial charge in [-0.3, -0.25) is 10.0 Å². The zero-order valence-electron chi connectivity index (χ0n) is 18.4. The summed E-state index contributed by atoms with van der Waals surface area (Å²) in [4.78, 5) is 18.5. The Kier molecular flexibility index (Phi) is 6.66. The van der Waals surface area contributed by atoms with Crippen molar-refractivity contribution in [1.82, 2.24) is 19.5 Å². The van der Waals surface area contributed by atoms with Crippen LogP contribution in [0.3, 0.4) is 0 Å². The number of piperazine rings is 1. The van der Waals surface area contributed by atoms with Crippen LogP contribution in [0.1, 0.15) is 13.8 Å². The molecule has 1 aliphatic rings. The molecule has 3 aromatic rings. The highest BCUT2D eigenvalue weighted by Gasteiger charge is 2.33. The van der Waals surface area contributed by atoms with Crippen LogP contribution in [0.5, 0.6) is 0 Å². The third-order valence-electron chi connectivity index (χ3n) is 5.67. The molecule has 11 heteroatoms. The molecule has 1 aromatic heterocycles. The maximum Gasteiger partial charge on any atom is 0.280 e. The van der Waals surface area contributed by atoms with Gasteiger partial charge in [0.2, 0.25) is 5.89 Å².